The van der Waals surface area contributed by atoms with E-state index in [-0.39, 0.29) is 29.4 Å². The van der Waals surface area contributed by atoms with Gasteiger partial charge in [-0.3, -0.25) is 14.4 Å². The third kappa shape index (κ3) is 6.97. The first-order chi connectivity index (χ1) is 16.4. The molecule has 0 saturated heterocycles. The number of nitriles is 1. The maximum Gasteiger partial charge on any atom is 0.313 e. The first-order valence-corrected chi connectivity index (χ1v) is 10.7. The van der Waals surface area contributed by atoms with E-state index in [0.717, 1.165) is 5.56 Å². The minimum Gasteiger partial charge on any atom is -0.460 e. The molecule has 3 amide bonds. The highest BCUT2D eigenvalue weighted by atomic mass is 35.5. The zero-order chi connectivity index (χ0) is 24.5. The maximum atomic E-state index is 12.3. The van der Waals surface area contributed by atoms with Gasteiger partial charge < -0.3 is 20.4 Å². The molecule has 172 valence electrons. The summed E-state index contributed by atoms with van der Waals surface area (Å²) in [6, 6.07) is 18.6. The molecule has 3 aromatic rings. The second kappa shape index (κ2) is 11.7. The third-order valence-electron chi connectivity index (χ3n) is 4.44. The summed E-state index contributed by atoms with van der Waals surface area (Å²) < 4.78 is 5.52. The Morgan fingerprint density at radius 2 is 1.62 bits per heavy atom. The Bertz CT molecular complexity index is 1280. The van der Waals surface area contributed by atoms with E-state index in [2.05, 4.69) is 16.0 Å². The van der Waals surface area contributed by atoms with Gasteiger partial charge >= 0.3 is 11.8 Å². The summed E-state index contributed by atoms with van der Waals surface area (Å²) in [6.07, 6.45) is 1.29. The van der Waals surface area contributed by atoms with Crippen LogP contribution in [0.25, 0.3) is 6.08 Å². The number of hydrogen-bond donors (Lipinski definition) is 3. The highest BCUT2D eigenvalue weighted by molar-refractivity contribution is 6.42. The fourth-order valence-electron chi connectivity index (χ4n) is 2.74. The topological polar surface area (TPSA) is 124 Å². The Hall–Kier alpha value is -4.06. The lowest BCUT2D eigenvalue weighted by Crippen LogP contribution is -2.34. The van der Waals surface area contributed by atoms with Gasteiger partial charge in [-0.05, 0) is 35.9 Å². The van der Waals surface area contributed by atoms with E-state index < -0.39 is 17.7 Å². The monoisotopic (exact) mass is 496 g/mol. The highest BCUT2D eigenvalue weighted by Crippen LogP contribution is 2.24. The lowest BCUT2D eigenvalue weighted by Gasteiger charge is -2.06. The van der Waals surface area contributed by atoms with Crippen LogP contribution < -0.4 is 16.0 Å². The molecule has 1 heterocycles. The van der Waals surface area contributed by atoms with Crippen LogP contribution in [-0.2, 0) is 27.5 Å². The van der Waals surface area contributed by atoms with Crippen LogP contribution in [0.2, 0.25) is 10.0 Å². The Morgan fingerprint density at radius 3 is 2.32 bits per heavy atom. The van der Waals surface area contributed by atoms with Crippen LogP contribution in [-0.4, -0.2) is 17.7 Å². The number of hydrogen-bond acceptors (Lipinski definition) is 5. The molecule has 0 fully saturated rings. The zero-order valence-electron chi connectivity index (χ0n) is 17.6. The minimum absolute atomic E-state index is 0.0798. The zero-order valence-corrected chi connectivity index (χ0v) is 19.1. The van der Waals surface area contributed by atoms with Crippen molar-refractivity contribution in [3.63, 3.8) is 0 Å². The summed E-state index contributed by atoms with van der Waals surface area (Å²) >= 11 is 11.7. The first-order valence-electron chi connectivity index (χ1n) is 9.92. The molecule has 3 N–H and O–H groups in total. The standard InChI is InChI=1S/C24H18Cl2N4O4/c25-20-9-6-17(11-21(20)26)30-24(33)23(32)29-14-19-8-7-18(34-19)10-16(12-27)22(31)28-13-15-4-2-1-3-5-15/h1-11H,13-14H2,(H,28,31)(H,29,32)(H,30,33)/b16-10-. The summed E-state index contributed by atoms with van der Waals surface area (Å²) in [5, 5.41) is 17.4. The molecule has 10 heteroatoms. The van der Waals surface area contributed by atoms with Gasteiger partial charge in [-0.25, -0.2) is 0 Å². The van der Waals surface area contributed by atoms with Crippen LogP contribution >= 0.6 is 23.2 Å². The average molecular weight is 497 g/mol. The second-order valence-electron chi connectivity index (χ2n) is 6.91. The van der Waals surface area contributed by atoms with Crippen LogP contribution in [0.15, 0.2) is 70.7 Å². The fourth-order valence-corrected chi connectivity index (χ4v) is 3.04. The molecule has 1 aromatic heterocycles. The lowest BCUT2D eigenvalue weighted by molar-refractivity contribution is -0.136. The Labute approximate surface area is 205 Å². The molecule has 0 unspecified atom stereocenters. The van der Waals surface area contributed by atoms with Crippen LogP contribution in [0.3, 0.4) is 0 Å². The molecular formula is C24H18Cl2N4O4. The van der Waals surface area contributed by atoms with Crippen LogP contribution in [0.1, 0.15) is 17.1 Å². The molecule has 8 nitrogen and oxygen atoms in total. The number of nitrogens with one attached hydrogen (secondary N) is 3. The largest absolute Gasteiger partial charge is 0.460 e. The van der Waals surface area contributed by atoms with Crippen LogP contribution in [0.4, 0.5) is 5.69 Å². The van der Waals surface area contributed by atoms with E-state index in [9.17, 15) is 19.6 Å². The average Bonchev–Trinajstić information content (AvgIpc) is 3.29. The molecular weight excluding hydrogens is 479 g/mol. The summed E-state index contributed by atoms with van der Waals surface area (Å²) in [4.78, 5) is 36.4. The number of halogens is 2. The molecule has 0 saturated carbocycles. The number of rotatable bonds is 7. The number of carbonyl (C=O) groups is 3. The van der Waals surface area contributed by atoms with Crippen LogP contribution in [0.5, 0.6) is 0 Å². The van der Waals surface area contributed by atoms with Crippen molar-refractivity contribution in [2.45, 2.75) is 13.1 Å². The van der Waals surface area contributed by atoms with Crippen molar-refractivity contribution in [1.82, 2.24) is 10.6 Å². The van der Waals surface area contributed by atoms with E-state index in [0.29, 0.717) is 16.5 Å². The van der Waals surface area contributed by atoms with E-state index in [1.54, 1.807) is 12.1 Å². The molecule has 0 bridgehead atoms. The van der Waals surface area contributed by atoms with Gasteiger partial charge in [-0.2, -0.15) is 5.26 Å². The predicted octanol–water partition coefficient (Wildman–Crippen LogP) is 4.06. The Morgan fingerprint density at radius 1 is 0.882 bits per heavy atom. The van der Waals surface area contributed by atoms with E-state index >= 15 is 0 Å². The van der Waals surface area contributed by atoms with Gasteiger partial charge in [0, 0.05) is 18.3 Å². The molecule has 34 heavy (non-hydrogen) atoms. The molecule has 0 aliphatic carbocycles. The number of furan rings is 1. The van der Waals surface area contributed by atoms with Crippen molar-refractivity contribution >= 4 is 52.7 Å². The SMILES string of the molecule is N#C/C(=C/c1ccc(CNC(=O)C(=O)Nc2ccc(Cl)c(Cl)c2)o1)C(=O)NCc1ccccc1. The van der Waals surface area contributed by atoms with Crippen LogP contribution in [0, 0.1) is 11.3 Å². The lowest BCUT2D eigenvalue weighted by atomic mass is 10.2. The van der Waals surface area contributed by atoms with Crippen molar-refractivity contribution in [3.05, 3.63) is 93.4 Å². The third-order valence-corrected chi connectivity index (χ3v) is 5.18. The van der Waals surface area contributed by atoms with Gasteiger partial charge in [0.1, 0.15) is 23.2 Å². The highest BCUT2D eigenvalue weighted by Gasteiger charge is 2.15. The number of nitrogens with zero attached hydrogens (tertiary/aromatic N) is 1. The second-order valence-corrected chi connectivity index (χ2v) is 7.72. The number of anilines is 1. The molecule has 0 aliphatic rings. The maximum absolute atomic E-state index is 12.3. The quantitative estimate of drug-likeness (QED) is 0.258. The summed E-state index contributed by atoms with van der Waals surface area (Å²) in [6.45, 7) is 0.196. The van der Waals surface area contributed by atoms with Gasteiger partial charge in [-0.15, -0.1) is 0 Å². The van der Waals surface area contributed by atoms with E-state index in [1.807, 2.05) is 36.4 Å². The normalized spacial score (nSPS) is 10.8. The Kier molecular flexibility index (Phi) is 8.46. The predicted molar refractivity (Wildman–Crippen MR) is 128 cm³/mol. The van der Waals surface area contributed by atoms with Gasteiger partial charge in [0.25, 0.3) is 5.91 Å². The number of benzene rings is 2. The molecule has 0 aliphatic heterocycles. The minimum atomic E-state index is -0.896. The van der Waals surface area contributed by atoms with Gasteiger partial charge in [-0.1, -0.05) is 53.5 Å². The van der Waals surface area contributed by atoms with Gasteiger partial charge in [0.05, 0.1) is 16.6 Å². The Balaban J connectivity index is 1.53. The fraction of sp³-hybridized carbons (Fsp3) is 0.0833. The summed E-state index contributed by atoms with van der Waals surface area (Å²) in [5.41, 5.74) is 1.07. The summed E-state index contributed by atoms with van der Waals surface area (Å²) in [7, 11) is 0. The van der Waals surface area contributed by atoms with E-state index in [1.165, 1.54) is 24.3 Å². The van der Waals surface area contributed by atoms with Gasteiger partial charge in [0.15, 0.2) is 0 Å². The van der Waals surface area contributed by atoms with E-state index in [4.69, 9.17) is 27.6 Å². The molecule has 2 aromatic carbocycles. The first kappa shape index (κ1) is 24.6. The number of amides is 3. The van der Waals surface area contributed by atoms with Crippen molar-refractivity contribution in [3.8, 4) is 6.07 Å². The van der Waals surface area contributed by atoms with Crippen molar-refractivity contribution < 1.29 is 18.8 Å². The smallest absolute Gasteiger partial charge is 0.313 e. The van der Waals surface area contributed by atoms with Crippen molar-refractivity contribution in [2.75, 3.05) is 5.32 Å². The molecule has 0 atom stereocenters. The molecule has 0 radical (unpaired) electrons. The van der Waals surface area contributed by atoms with Crippen molar-refractivity contribution in [1.29, 1.82) is 5.26 Å². The van der Waals surface area contributed by atoms with Gasteiger partial charge in [0.2, 0.25) is 0 Å². The molecule has 3 rings (SSSR count). The van der Waals surface area contributed by atoms with Crippen molar-refractivity contribution in [2.24, 2.45) is 0 Å². The molecule has 0 spiro atoms. The summed E-state index contributed by atoms with van der Waals surface area (Å²) in [5.74, 6) is -1.76. The number of carbonyl (C=O) groups excluding carboxylic acids is 3.